The van der Waals surface area contributed by atoms with Crippen LogP contribution in [0.25, 0.3) is 5.65 Å². The van der Waals surface area contributed by atoms with Gasteiger partial charge in [-0.1, -0.05) is 13.0 Å². The first-order valence-corrected chi connectivity index (χ1v) is 12.4. The molecule has 0 bridgehead atoms. The summed E-state index contributed by atoms with van der Waals surface area (Å²) in [7, 11) is 5.42. The van der Waals surface area contributed by atoms with Crippen molar-refractivity contribution in [3.8, 4) is 11.5 Å². The molecule has 0 radical (unpaired) electrons. The number of likely N-dealkylation sites (tertiary alicyclic amines) is 1. The van der Waals surface area contributed by atoms with Crippen LogP contribution < -0.4 is 19.7 Å². The summed E-state index contributed by atoms with van der Waals surface area (Å²) in [4.78, 5) is 22.5. The van der Waals surface area contributed by atoms with Crippen molar-refractivity contribution < 1.29 is 14.3 Å². The molecule has 0 saturated carbocycles. The van der Waals surface area contributed by atoms with Crippen LogP contribution in [0.1, 0.15) is 48.3 Å². The predicted molar refractivity (Wildman–Crippen MR) is 139 cm³/mol. The highest BCUT2D eigenvalue weighted by molar-refractivity contribution is 5.94. The van der Waals surface area contributed by atoms with Crippen LogP contribution in [0.15, 0.2) is 36.5 Å². The number of amides is 1. The number of carbonyl (C=O) groups excluding carboxylic acids is 1. The topological polar surface area (TPSA) is 71.3 Å². The van der Waals surface area contributed by atoms with Gasteiger partial charge in [0.05, 0.1) is 25.5 Å². The normalized spacial score (nSPS) is 14.8. The smallest absolute Gasteiger partial charge is 0.252 e. The highest BCUT2D eigenvalue weighted by atomic mass is 16.5. The number of anilines is 1. The first kappa shape index (κ1) is 24.9. The SMILES string of the molecule is CCc1nc2ccc(C(=O)NC3CCN(C)CC3)cn2c1N(CC)Cc1ccc(OC)c(OC)c1. The van der Waals surface area contributed by atoms with E-state index in [-0.39, 0.29) is 11.9 Å². The summed E-state index contributed by atoms with van der Waals surface area (Å²) >= 11 is 0. The Morgan fingerprint density at radius 1 is 1.11 bits per heavy atom. The van der Waals surface area contributed by atoms with Crippen molar-refractivity contribution in [2.24, 2.45) is 0 Å². The number of ether oxygens (including phenoxy) is 2. The number of rotatable bonds is 9. The molecule has 1 aliphatic rings. The van der Waals surface area contributed by atoms with Crippen molar-refractivity contribution in [2.75, 3.05) is 45.8 Å². The Morgan fingerprint density at radius 2 is 1.86 bits per heavy atom. The third kappa shape index (κ3) is 5.37. The van der Waals surface area contributed by atoms with E-state index in [1.165, 1.54) is 0 Å². The van der Waals surface area contributed by atoms with Gasteiger partial charge in [0.1, 0.15) is 11.5 Å². The maximum Gasteiger partial charge on any atom is 0.252 e. The quantitative estimate of drug-likeness (QED) is 0.504. The van der Waals surface area contributed by atoms with Crippen LogP contribution in [0, 0.1) is 0 Å². The van der Waals surface area contributed by atoms with Gasteiger partial charge in [-0.2, -0.15) is 0 Å². The molecule has 1 aromatic carbocycles. The highest BCUT2D eigenvalue weighted by Crippen LogP contribution is 2.30. The number of pyridine rings is 1. The van der Waals surface area contributed by atoms with Crippen molar-refractivity contribution in [2.45, 2.75) is 45.7 Å². The van der Waals surface area contributed by atoms with E-state index >= 15 is 0 Å². The fourth-order valence-electron chi connectivity index (χ4n) is 4.74. The summed E-state index contributed by atoms with van der Waals surface area (Å²) < 4.78 is 13.0. The van der Waals surface area contributed by atoms with Crippen LogP contribution in [0.3, 0.4) is 0 Å². The van der Waals surface area contributed by atoms with Crippen LogP contribution in [-0.2, 0) is 13.0 Å². The number of aromatic nitrogens is 2. The lowest BCUT2D eigenvalue weighted by Crippen LogP contribution is -2.43. The predicted octanol–water partition coefficient (Wildman–Crippen LogP) is 3.76. The molecule has 0 atom stereocenters. The average Bonchev–Trinajstić information content (AvgIpc) is 3.26. The Balaban J connectivity index is 1.63. The van der Waals surface area contributed by atoms with Crippen molar-refractivity contribution in [1.82, 2.24) is 19.6 Å². The van der Waals surface area contributed by atoms with Gasteiger partial charge >= 0.3 is 0 Å². The highest BCUT2D eigenvalue weighted by Gasteiger charge is 2.22. The number of carbonyl (C=O) groups is 1. The maximum absolute atomic E-state index is 13.1. The maximum atomic E-state index is 13.1. The Morgan fingerprint density at radius 3 is 2.51 bits per heavy atom. The number of piperidine rings is 1. The molecule has 35 heavy (non-hydrogen) atoms. The molecule has 0 spiro atoms. The zero-order valence-electron chi connectivity index (χ0n) is 21.5. The number of imidazole rings is 1. The number of benzene rings is 1. The van der Waals surface area contributed by atoms with Crippen molar-refractivity contribution in [3.63, 3.8) is 0 Å². The molecule has 8 heteroatoms. The van der Waals surface area contributed by atoms with E-state index in [0.29, 0.717) is 23.6 Å². The summed E-state index contributed by atoms with van der Waals surface area (Å²) in [6, 6.07) is 10.0. The van der Waals surface area contributed by atoms with Crippen LogP contribution in [0.5, 0.6) is 11.5 Å². The number of nitrogens with one attached hydrogen (secondary N) is 1. The van der Waals surface area contributed by atoms with Gasteiger partial charge in [-0.25, -0.2) is 4.98 Å². The van der Waals surface area contributed by atoms with E-state index in [9.17, 15) is 4.79 Å². The van der Waals surface area contributed by atoms with Gasteiger partial charge in [-0.05, 0) is 76.2 Å². The van der Waals surface area contributed by atoms with E-state index in [4.69, 9.17) is 14.5 Å². The molecule has 2 aromatic heterocycles. The van der Waals surface area contributed by atoms with Crippen LogP contribution in [0.4, 0.5) is 5.82 Å². The lowest BCUT2D eigenvalue weighted by atomic mass is 10.1. The van der Waals surface area contributed by atoms with E-state index in [1.807, 2.05) is 30.5 Å². The molecule has 0 aliphatic carbocycles. The molecule has 4 rings (SSSR count). The first-order valence-electron chi connectivity index (χ1n) is 12.4. The molecule has 3 aromatic rings. The minimum absolute atomic E-state index is 0.0258. The van der Waals surface area contributed by atoms with Gasteiger partial charge < -0.3 is 24.6 Å². The summed E-state index contributed by atoms with van der Waals surface area (Å²) in [6.45, 7) is 7.75. The number of hydrogen-bond donors (Lipinski definition) is 1. The Labute approximate surface area is 207 Å². The van der Waals surface area contributed by atoms with Crippen molar-refractivity contribution >= 4 is 17.4 Å². The third-order valence-electron chi connectivity index (χ3n) is 6.82. The van der Waals surface area contributed by atoms with E-state index < -0.39 is 0 Å². The summed E-state index contributed by atoms with van der Waals surface area (Å²) in [6.07, 6.45) is 4.69. The Kier molecular flexibility index (Phi) is 7.80. The average molecular weight is 480 g/mol. The Bertz CT molecular complexity index is 1170. The summed E-state index contributed by atoms with van der Waals surface area (Å²) in [5, 5.41) is 3.23. The van der Waals surface area contributed by atoms with Gasteiger partial charge in [0, 0.05) is 25.3 Å². The van der Waals surface area contributed by atoms with Crippen LogP contribution >= 0.6 is 0 Å². The molecule has 188 valence electrons. The molecule has 1 saturated heterocycles. The van der Waals surface area contributed by atoms with Crippen LogP contribution in [-0.4, -0.2) is 67.1 Å². The second-order valence-electron chi connectivity index (χ2n) is 9.14. The van der Waals surface area contributed by atoms with Gasteiger partial charge in [0.2, 0.25) is 0 Å². The van der Waals surface area contributed by atoms with Gasteiger partial charge in [-0.3, -0.25) is 9.20 Å². The van der Waals surface area contributed by atoms with Gasteiger partial charge in [0.25, 0.3) is 5.91 Å². The lowest BCUT2D eigenvalue weighted by molar-refractivity contribution is 0.0916. The molecule has 0 unspecified atom stereocenters. The lowest BCUT2D eigenvalue weighted by Gasteiger charge is -2.29. The molecule has 1 fully saturated rings. The van der Waals surface area contributed by atoms with Crippen LogP contribution in [0.2, 0.25) is 0 Å². The Hall–Kier alpha value is -3.26. The minimum atomic E-state index is -0.0258. The monoisotopic (exact) mass is 479 g/mol. The number of nitrogens with zero attached hydrogens (tertiary/aromatic N) is 4. The largest absolute Gasteiger partial charge is 0.493 e. The van der Waals surface area contributed by atoms with Crippen molar-refractivity contribution in [1.29, 1.82) is 0 Å². The summed E-state index contributed by atoms with van der Waals surface area (Å²) in [5.74, 6) is 2.42. The molecule has 1 aliphatic heterocycles. The van der Waals surface area contributed by atoms with E-state index in [1.54, 1.807) is 14.2 Å². The minimum Gasteiger partial charge on any atom is -0.493 e. The molecule has 1 amide bonds. The number of hydrogen-bond acceptors (Lipinski definition) is 6. The third-order valence-corrected chi connectivity index (χ3v) is 6.82. The zero-order chi connectivity index (χ0) is 24.9. The van der Waals surface area contributed by atoms with Crippen molar-refractivity contribution in [3.05, 3.63) is 53.3 Å². The second kappa shape index (κ2) is 11.0. The molecular weight excluding hydrogens is 442 g/mol. The first-order chi connectivity index (χ1) is 17.0. The molecule has 8 nitrogen and oxygen atoms in total. The molecule has 1 N–H and O–H groups in total. The second-order valence-corrected chi connectivity index (χ2v) is 9.14. The summed E-state index contributed by atoms with van der Waals surface area (Å²) in [5.41, 5.74) is 3.62. The van der Waals surface area contributed by atoms with Gasteiger partial charge in [0.15, 0.2) is 11.5 Å². The standard InChI is InChI=1S/C27H37N5O3/c1-6-22-27(31(7-2)17-19-8-10-23(34-4)24(16-19)35-5)32-18-20(9-11-25(32)29-22)26(33)28-21-12-14-30(3)15-13-21/h8-11,16,18,21H,6-7,12-15,17H2,1-5H3,(H,28,33). The van der Waals surface area contributed by atoms with E-state index in [0.717, 1.165) is 61.6 Å². The van der Waals surface area contributed by atoms with E-state index in [2.05, 4.69) is 46.5 Å². The molecule has 3 heterocycles. The van der Waals surface area contributed by atoms with Gasteiger partial charge in [-0.15, -0.1) is 0 Å². The fraction of sp³-hybridized carbons (Fsp3) is 0.481. The number of fused-ring (bicyclic) bond motifs is 1. The molecular formula is C27H37N5O3. The fourth-order valence-corrected chi connectivity index (χ4v) is 4.74. The zero-order valence-corrected chi connectivity index (χ0v) is 21.5. The number of methoxy groups -OCH3 is 2. The number of aryl methyl sites for hydroxylation is 1.